The molecule has 8 nitrogen and oxygen atoms in total. The van der Waals surface area contributed by atoms with Gasteiger partial charge in [-0.2, -0.15) is 0 Å². The van der Waals surface area contributed by atoms with Gasteiger partial charge in [0, 0.05) is 25.1 Å². The molecule has 1 aliphatic heterocycles. The first-order valence-corrected chi connectivity index (χ1v) is 6.93. The zero-order valence-corrected chi connectivity index (χ0v) is 12.0. The van der Waals surface area contributed by atoms with Gasteiger partial charge < -0.3 is 11.1 Å². The Kier molecular flexibility index (Phi) is 6.94. The second kappa shape index (κ2) is 8.71. The summed E-state index contributed by atoms with van der Waals surface area (Å²) in [6.45, 7) is 0.318. The maximum absolute atomic E-state index is 11.5. The second-order valence-corrected chi connectivity index (χ2v) is 4.88. The number of hydrogen-bond acceptors (Lipinski definition) is 5. The van der Waals surface area contributed by atoms with Gasteiger partial charge in [-0.25, -0.2) is 0 Å². The Labute approximate surface area is 127 Å². The van der Waals surface area contributed by atoms with E-state index in [0.717, 1.165) is 4.90 Å². The molecule has 1 heterocycles. The van der Waals surface area contributed by atoms with Gasteiger partial charge in [-0.1, -0.05) is 6.42 Å². The Hall–Kier alpha value is -2.51. The molecule has 0 unspecified atom stereocenters. The number of unbranched alkanes of at least 4 members (excludes halogenated alkanes) is 2. The molecule has 0 saturated heterocycles. The smallest absolute Gasteiger partial charge is 0.253 e. The first kappa shape index (κ1) is 17.5. The number of carbonyl (C=O) groups excluding carboxylic acids is 5. The molecule has 8 heteroatoms. The summed E-state index contributed by atoms with van der Waals surface area (Å²) in [5.74, 6) is -1.70. The number of nitrogens with two attached hydrogens (primary N) is 1. The van der Waals surface area contributed by atoms with Crippen molar-refractivity contribution in [3.05, 3.63) is 12.2 Å². The lowest BCUT2D eigenvalue weighted by Gasteiger charge is -2.13. The fourth-order valence-electron chi connectivity index (χ4n) is 1.97. The number of rotatable bonds is 10. The van der Waals surface area contributed by atoms with Gasteiger partial charge in [-0.15, -0.1) is 0 Å². The van der Waals surface area contributed by atoms with E-state index in [4.69, 9.17) is 5.73 Å². The number of primary amides is 1. The summed E-state index contributed by atoms with van der Waals surface area (Å²) in [7, 11) is 0. The molecule has 0 saturated carbocycles. The monoisotopic (exact) mass is 308 g/mol. The number of hydrogen-bond donors (Lipinski definition) is 2. The van der Waals surface area contributed by atoms with Gasteiger partial charge in [0.1, 0.15) is 6.04 Å². The summed E-state index contributed by atoms with van der Waals surface area (Å²) >= 11 is 0. The maximum Gasteiger partial charge on any atom is 0.253 e. The van der Waals surface area contributed by atoms with Gasteiger partial charge in [-0.05, 0) is 12.8 Å². The Morgan fingerprint density at radius 2 is 1.82 bits per heavy atom. The normalized spacial score (nSPS) is 15.0. The van der Waals surface area contributed by atoms with Gasteiger partial charge in [0.15, 0.2) is 0 Å². The van der Waals surface area contributed by atoms with Crippen LogP contribution in [0.5, 0.6) is 0 Å². The van der Waals surface area contributed by atoms with Crippen LogP contribution < -0.4 is 11.1 Å². The SMILES string of the molecule is NC(=O)C[C@@H]([C]=O)NC(=O)CCCCCN1C(=O)C=CC1=O. The zero-order valence-electron chi connectivity index (χ0n) is 12.0. The van der Waals surface area contributed by atoms with Crippen molar-refractivity contribution in [3.8, 4) is 0 Å². The average Bonchev–Trinajstić information content (AvgIpc) is 2.77. The highest BCUT2D eigenvalue weighted by atomic mass is 16.2. The molecule has 0 spiro atoms. The molecule has 0 aliphatic carbocycles. The zero-order chi connectivity index (χ0) is 16.5. The van der Waals surface area contributed by atoms with E-state index in [0.29, 0.717) is 25.8 Å². The van der Waals surface area contributed by atoms with Crippen molar-refractivity contribution < 1.29 is 24.0 Å². The lowest BCUT2D eigenvalue weighted by molar-refractivity contribution is -0.137. The number of nitrogens with one attached hydrogen (secondary N) is 1. The quantitative estimate of drug-likeness (QED) is 0.393. The van der Waals surface area contributed by atoms with E-state index in [9.17, 15) is 24.0 Å². The molecule has 22 heavy (non-hydrogen) atoms. The maximum atomic E-state index is 11.5. The highest BCUT2D eigenvalue weighted by molar-refractivity contribution is 6.12. The molecule has 0 aromatic heterocycles. The molecule has 4 amide bonds. The first-order chi connectivity index (χ1) is 10.4. The van der Waals surface area contributed by atoms with Crippen LogP contribution in [-0.4, -0.2) is 47.4 Å². The molecule has 3 N–H and O–H groups in total. The number of amides is 4. The van der Waals surface area contributed by atoms with Crippen molar-refractivity contribution in [3.63, 3.8) is 0 Å². The van der Waals surface area contributed by atoms with Crippen LogP contribution in [0.1, 0.15) is 32.1 Å². The topological polar surface area (TPSA) is 127 Å². The predicted octanol–water partition coefficient (Wildman–Crippen LogP) is -1.06. The number of imide groups is 1. The molecule has 1 radical (unpaired) electrons. The van der Waals surface area contributed by atoms with Crippen molar-refractivity contribution in [1.82, 2.24) is 10.2 Å². The van der Waals surface area contributed by atoms with Crippen LogP contribution in [0.25, 0.3) is 0 Å². The fourth-order valence-corrected chi connectivity index (χ4v) is 1.97. The fraction of sp³-hybridized carbons (Fsp3) is 0.500. The molecule has 0 bridgehead atoms. The van der Waals surface area contributed by atoms with Gasteiger partial charge in [0.05, 0.1) is 6.42 Å². The number of nitrogens with zero attached hydrogens (tertiary/aromatic N) is 1. The van der Waals surface area contributed by atoms with Crippen molar-refractivity contribution >= 4 is 29.9 Å². The van der Waals surface area contributed by atoms with Crippen LogP contribution in [0.4, 0.5) is 0 Å². The van der Waals surface area contributed by atoms with E-state index in [1.54, 1.807) is 6.29 Å². The molecule has 119 valence electrons. The van der Waals surface area contributed by atoms with Crippen LogP contribution in [-0.2, 0) is 24.0 Å². The van der Waals surface area contributed by atoms with Crippen LogP contribution >= 0.6 is 0 Å². The standard InChI is InChI=1S/C14H18N3O5/c15-11(19)8-10(9-18)16-12(20)4-2-1-3-7-17-13(21)5-6-14(17)22/h5-6,10H,1-4,7-8H2,(H2,15,19)(H,16,20)/t10-/m0/s1. The Balaban J connectivity index is 2.15. The Bertz CT molecular complexity index is 483. The molecule has 0 aromatic carbocycles. The molecule has 1 aliphatic rings. The van der Waals surface area contributed by atoms with Crippen LogP contribution in [0.15, 0.2) is 12.2 Å². The van der Waals surface area contributed by atoms with Crippen LogP contribution in [0.2, 0.25) is 0 Å². The Morgan fingerprint density at radius 3 is 2.36 bits per heavy atom. The van der Waals surface area contributed by atoms with Gasteiger partial charge in [0.2, 0.25) is 18.1 Å². The largest absolute Gasteiger partial charge is 0.370 e. The minimum atomic E-state index is -1.02. The summed E-state index contributed by atoms with van der Waals surface area (Å²) in [6.07, 6.45) is 5.68. The molecule has 0 aromatic rings. The van der Waals surface area contributed by atoms with Gasteiger partial charge in [0.25, 0.3) is 11.8 Å². The van der Waals surface area contributed by atoms with E-state index in [1.807, 2.05) is 0 Å². The van der Waals surface area contributed by atoms with Gasteiger partial charge >= 0.3 is 0 Å². The summed E-state index contributed by atoms with van der Waals surface area (Å²) in [5.41, 5.74) is 4.93. The van der Waals surface area contributed by atoms with E-state index in [-0.39, 0.29) is 30.6 Å². The van der Waals surface area contributed by atoms with Crippen molar-refractivity contribution in [1.29, 1.82) is 0 Å². The predicted molar refractivity (Wildman–Crippen MR) is 75.8 cm³/mol. The molecule has 1 atom stereocenters. The van der Waals surface area contributed by atoms with Crippen molar-refractivity contribution in [2.24, 2.45) is 5.73 Å². The highest BCUT2D eigenvalue weighted by Crippen LogP contribution is 2.07. The molecule has 0 fully saturated rings. The lowest BCUT2D eigenvalue weighted by atomic mass is 10.1. The average molecular weight is 308 g/mol. The molecular formula is C14H18N3O5. The Morgan fingerprint density at radius 1 is 1.18 bits per heavy atom. The van der Waals surface area contributed by atoms with E-state index in [2.05, 4.69) is 5.32 Å². The van der Waals surface area contributed by atoms with Crippen LogP contribution in [0, 0.1) is 0 Å². The lowest BCUT2D eigenvalue weighted by Crippen LogP contribution is -2.38. The van der Waals surface area contributed by atoms with E-state index < -0.39 is 11.9 Å². The minimum Gasteiger partial charge on any atom is -0.370 e. The van der Waals surface area contributed by atoms with Crippen LogP contribution in [0.3, 0.4) is 0 Å². The highest BCUT2D eigenvalue weighted by Gasteiger charge is 2.22. The van der Waals surface area contributed by atoms with E-state index >= 15 is 0 Å². The minimum absolute atomic E-state index is 0.178. The third kappa shape index (κ3) is 5.86. The first-order valence-electron chi connectivity index (χ1n) is 6.93. The molecule has 1 rings (SSSR count). The van der Waals surface area contributed by atoms with Gasteiger partial charge in [-0.3, -0.25) is 28.9 Å². The summed E-state index contributed by atoms with van der Waals surface area (Å²) < 4.78 is 0. The summed E-state index contributed by atoms with van der Waals surface area (Å²) in [5, 5.41) is 2.35. The number of carbonyl (C=O) groups is 4. The third-order valence-electron chi connectivity index (χ3n) is 3.07. The second-order valence-electron chi connectivity index (χ2n) is 4.88. The third-order valence-corrected chi connectivity index (χ3v) is 3.07. The summed E-state index contributed by atoms with van der Waals surface area (Å²) in [6, 6.07) is -1.02. The molecular weight excluding hydrogens is 290 g/mol. The van der Waals surface area contributed by atoms with Crippen molar-refractivity contribution in [2.75, 3.05) is 6.54 Å². The van der Waals surface area contributed by atoms with Crippen molar-refractivity contribution in [2.45, 2.75) is 38.1 Å². The summed E-state index contributed by atoms with van der Waals surface area (Å²) in [4.78, 5) is 56.4. The van der Waals surface area contributed by atoms with E-state index in [1.165, 1.54) is 12.2 Å².